The van der Waals surface area contributed by atoms with Gasteiger partial charge >= 0.3 is 5.97 Å². The summed E-state index contributed by atoms with van der Waals surface area (Å²) in [6.45, 7) is 3.49. The minimum Gasteiger partial charge on any atom is -0.459 e. The molecular weight excluding hydrogens is 173 g/mol. The van der Waals surface area contributed by atoms with Gasteiger partial charge in [0, 0.05) is 6.20 Å². The van der Waals surface area contributed by atoms with Crippen molar-refractivity contribution in [2.24, 2.45) is 0 Å². The molecule has 0 atom stereocenters. The molecule has 70 valence electrons. The van der Waals surface area contributed by atoms with Gasteiger partial charge in [0.15, 0.2) is 0 Å². The first-order valence-corrected chi connectivity index (χ1v) is 3.92. The first kappa shape index (κ1) is 9.64. The van der Waals surface area contributed by atoms with E-state index in [0.717, 1.165) is 12.3 Å². The fraction of sp³-hybridized carbons (Fsp3) is 0.333. The van der Waals surface area contributed by atoms with E-state index in [2.05, 4.69) is 4.98 Å². The van der Waals surface area contributed by atoms with Crippen molar-refractivity contribution >= 4 is 5.97 Å². The first-order valence-electron chi connectivity index (χ1n) is 3.92. The summed E-state index contributed by atoms with van der Waals surface area (Å²) in [6.07, 6.45) is 0.970. The molecule has 1 rings (SSSR count). The zero-order valence-electron chi connectivity index (χ0n) is 7.45. The quantitative estimate of drug-likeness (QED) is 0.518. The molecule has 0 aliphatic rings. The average Bonchev–Trinajstić information content (AvgIpc) is 2.04. The van der Waals surface area contributed by atoms with Crippen LogP contribution in [0.4, 0.5) is 4.39 Å². The summed E-state index contributed by atoms with van der Waals surface area (Å²) >= 11 is 0. The highest BCUT2D eigenvalue weighted by Crippen LogP contribution is 2.03. The van der Waals surface area contributed by atoms with Crippen LogP contribution in [-0.2, 0) is 4.74 Å². The Morgan fingerprint density at radius 3 is 2.69 bits per heavy atom. The van der Waals surface area contributed by atoms with Crippen molar-refractivity contribution in [3.63, 3.8) is 0 Å². The Balaban J connectivity index is 2.72. The molecule has 0 saturated carbocycles. The molecule has 0 amide bonds. The molecule has 0 aliphatic heterocycles. The van der Waals surface area contributed by atoms with Crippen molar-refractivity contribution in [2.45, 2.75) is 20.0 Å². The Kier molecular flexibility index (Phi) is 2.95. The van der Waals surface area contributed by atoms with Crippen molar-refractivity contribution in [2.75, 3.05) is 0 Å². The number of pyridine rings is 1. The van der Waals surface area contributed by atoms with Crippen LogP contribution in [0.15, 0.2) is 18.3 Å². The number of carbonyl (C=O) groups excluding carboxylic acids is 1. The van der Waals surface area contributed by atoms with E-state index in [9.17, 15) is 9.18 Å². The molecule has 0 radical (unpaired) electrons. The zero-order chi connectivity index (χ0) is 9.84. The molecule has 1 aromatic heterocycles. The van der Waals surface area contributed by atoms with Crippen LogP contribution >= 0.6 is 0 Å². The summed E-state index contributed by atoms with van der Waals surface area (Å²) in [7, 11) is 0. The van der Waals surface area contributed by atoms with Gasteiger partial charge in [0.2, 0.25) is 5.95 Å². The molecule has 13 heavy (non-hydrogen) atoms. The Bertz CT molecular complexity index is 295. The standard InChI is InChI=1S/C9H10FNO2/c1-6(2)13-9(12)7-3-4-8(10)11-5-7/h3-6H,1-2H3. The Hall–Kier alpha value is -1.45. The Morgan fingerprint density at radius 1 is 1.54 bits per heavy atom. The molecule has 0 unspecified atom stereocenters. The zero-order valence-corrected chi connectivity index (χ0v) is 7.45. The fourth-order valence-corrected chi connectivity index (χ4v) is 0.779. The molecule has 0 N–H and O–H groups in total. The molecule has 0 aliphatic carbocycles. The summed E-state index contributed by atoms with van der Waals surface area (Å²) in [6, 6.07) is 2.46. The third-order valence-electron chi connectivity index (χ3n) is 1.31. The number of rotatable bonds is 2. The van der Waals surface area contributed by atoms with E-state index in [1.165, 1.54) is 6.07 Å². The van der Waals surface area contributed by atoms with Gasteiger partial charge in [0.1, 0.15) is 0 Å². The van der Waals surface area contributed by atoms with Crippen LogP contribution in [0.25, 0.3) is 0 Å². The van der Waals surface area contributed by atoms with E-state index < -0.39 is 11.9 Å². The van der Waals surface area contributed by atoms with Gasteiger partial charge < -0.3 is 4.74 Å². The lowest BCUT2D eigenvalue weighted by Gasteiger charge is -2.06. The summed E-state index contributed by atoms with van der Waals surface area (Å²) in [4.78, 5) is 14.5. The van der Waals surface area contributed by atoms with Crippen LogP contribution in [0, 0.1) is 5.95 Å². The van der Waals surface area contributed by atoms with E-state index in [4.69, 9.17) is 4.74 Å². The summed E-state index contributed by atoms with van der Waals surface area (Å²) in [5, 5.41) is 0. The van der Waals surface area contributed by atoms with E-state index in [1.807, 2.05) is 0 Å². The first-order chi connectivity index (χ1) is 6.09. The topological polar surface area (TPSA) is 39.2 Å². The van der Waals surface area contributed by atoms with Gasteiger partial charge in [-0.1, -0.05) is 0 Å². The van der Waals surface area contributed by atoms with Crippen LogP contribution in [-0.4, -0.2) is 17.1 Å². The predicted octanol–water partition coefficient (Wildman–Crippen LogP) is 1.79. The van der Waals surface area contributed by atoms with Crippen molar-refractivity contribution in [1.29, 1.82) is 0 Å². The predicted molar refractivity (Wildman–Crippen MR) is 44.7 cm³/mol. The molecule has 0 saturated heterocycles. The second-order valence-corrected chi connectivity index (χ2v) is 2.82. The molecule has 0 bridgehead atoms. The van der Waals surface area contributed by atoms with Gasteiger partial charge in [-0.15, -0.1) is 0 Å². The lowest BCUT2D eigenvalue weighted by Crippen LogP contribution is -2.11. The minimum atomic E-state index is -0.610. The second-order valence-electron chi connectivity index (χ2n) is 2.82. The number of aromatic nitrogens is 1. The maximum atomic E-state index is 12.3. The van der Waals surface area contributed by atoms with Gasteiger partial charge in [-0.05, 0) is 26.0 Å². The number of nitrogens with zero attached hydrogens (tertiary/aromatic N) is 1. The molecule has 0 fully saturated rings. The maximum absolute atomic E-state index is 12.3. The van der Waals surface area contributed by atoms with Gasteiger partial charge in [0.05, 0.1) is 11.7 Å². The fourth-order valence-electron chi connectivity index (χ4n) is 0.779. The highest BCUT2D eigenvalue weighted by Gasteiger charge is 2.08. The van der Waals surface area contributed by atoms with Crippen molar-refractivity contribution < 1.29 is 13.9 Å². The second kappa shape index (κ2) is 3.98. The highest BCUT2D eigenvalue weighted by molar-refractivity contribution is 5.88. The number of hydrogen-bond acceptors (Lipinski definition) is 3. The summed E-state index contributed by atoms with van der Waals surface area (Å²) < 4.78 is 17.2. The van der Waals surface area contributed by atoms with Crippen LogP contribution in [0.1, 0.15) is 24.2 Å². The van der Waals surface area contributed by atoms with Crippen molar-refractivity contribution in [3.05, 3.63) is 29.8 Å². The van der Waals surface area contributed by atoms with Crippen LogP contribution < -0.4 is 0 Å². The lowest BCUT2D eigenvalue weighted by atomic mass is 10.3. The number of ether oxygens (including phenoxy) is 1. The van der Waals surface area contributed by atoms with Crippen molar-refractivity contribution in [1.82, 2.24) is 4.98 Å². The number of hydrogen-bond donors (Lipinski definition) is 0. The van der Waals surface area contributed by atoms with E-state index in [0.29, 0.717) is 0 Å². The minimum absolute atomic E-state index is 0.183. The normalized spacial score (nSPS) is 10.2. The van der Waals surface area contributed by atoms with Gasteiger partial charge in [0.25, 0.3) is 0 Å². The Labute approximate surface area is 75.6 Å². The smallest absolute Gasteiger partial charge is 0.339 e. The number of carbonyl (C=O) groups is 1. The largest absolute Gasteiger partial charge is 0.459 e. The summed E-state index contributed by atoms with van der Waals surface area (Å²) in [5.41, 5.74) is 0.259. The van der Waals surface area contributed by atoms with Gasteiger partial charge in [-0.3, -0.25) is 0 Å². The number of halogens is 1. The third-order valence-corrected chi connectivity index (χ3v) is 1.31. The van der Waals surface area contributed by atoms with Crippen LogP contribution in [0.5, 0.6) is 0 Å². The monoisotopic (exact) mass is 183 g/mol. The van der Waals surface area contributed by atoms with E-state index in [1.54, 1.807) is 13.8 Å². The van der Waals surface area contributed by atoms with Crippen LogP contribution in [0.3, 0.4) is 0 Å². The van der Waals surface area contributed by atoms with E-state index in [-0.39, 0.29) is 11.7 Å². The molecule has 0 aromatic carbocycles. The third kappa shape index (κ3) is 2.82. The van der Waals surface area contributed by atoms with E-state index >= 15 is 0 Å². The molecule has 3 nitrogen and oxygen atoms in total. The molecule has 1 aromatic rings. The maximum Gasteiger partial charge on any atom is 0.339 e. The highest BCUT2D eigenvalue weighted by atomic mass is 19.1. The van der Waals surface area contributed by atoms with Crippen molar-refractivity contribution in [3.8, 4) is 0 Å². The molecule has 4 heteroatoms. The average molecular weight is 183 g/mol. The molecule has 0 spiro atoms. The molecule has 1 heterocycles. The lowest BCUT2D eigenvalue weighted by molar-refractivity contribution is 0.0377. The SMILES string of the molecule is CC(C)OC(=O)c1ccc(F)nc1. The molecular formula is C9H10FNO2. The summed E-state index contributed by atoms with van der Waals surface area (Å²) in [5.74, 6) is -1.09. The van der Waals surface area contributed by atoms with Crippen LogP contribution in [0.2, 0.25) is 0 Å². The van der Waals surface area contributed by atoms with Gasteiger partial charge in [-0.25, -0.2) is 9.78 Å². The Morgan fingerprint density at radius 2 is 2.23 bits per heavy atom. The van der Waals surface area contributed by atoms with Gasteiger partial charge in [-0.2, -0.15) is 4.39 Å². The number of esters is 1.